The number of Topliss-reactive ketones (excluding diaryl/α,β-unsaturated/α-hetero) is 1. The highest BCUT2D eigenvalue weighted by Crippen LogP contribution is 2.29. The van der Waals surface area contributed by atoms with Crippen LogP contribution in [-0.4, -0.2) is 45.2 Å². The standard InChI is InChI=1S/C11H18O6/c1-4-11(5-15-9(13)8(2)12)6-16-10(14-3)17-7-11/h10H,4-7H2,1-3H3. The van der Waals surface area contributed by atoms with E-state index in [4.69, 9.17) is 18.9 Å². The van der Waals surface area contributed by atoms with Gasteiger partial charge in [0.2, 0.25) is 5.78 Å². The zero-order valence-electron chi connectivity index (χ0n) is 10.4. The number of hydrogen-bond acceptors (Lipinski definition) is 6. The van der Waals surface area contributed by atoms with Crippen molar-refractivity contribution in [1.82, 2.24) is 0 Å². The summed E-state index contributed by atoms with van der Waals surface area (Å²) in [7, 11) is 1.49. The lowest BCUT2D eigenvalue weighted by molar-refractivity contribution is -0.333. The first kappa shape index (κ1) is 14.1. The van der Waals surface area contributed by atoms with E-state index >= 15 is 0 Å². The molecule has 17 heavy (non-hydrogen) atoms. The molecule has 0 saturated carbocycles. The lowest BCUT2D eigenvalue weighted by Crippen LogP contribution is -2.45. The minimum atomic E-state index is -0.827. The zero-order valence-corrected chi connectivity index (χ0v) is 10.4. The van der Waals surface area contributed by atoms with Crippen molar-refractivity contribution in [3.63, 3.8) is 0 Å². The van der Waals surface area contributed by atoms with E-state index in [1.165, 1.54) is 14.0 Å². The summed E-state index contributed by atoms with van der Waals surface area (Å²) in [6.07, 6.45) is 0.717. The van der Waals surface area contributed by atoms with Gasteiger partial charge in [-0.3, -0.25) is 4.79 Å². The smallest absolute Gasteiger partial charge is 0.374 e. The molecule has 0 aromatic rings. The summed E-state index contributed by atoms with van der Waals surface area (Å²) in [4.78, 5) is 21.8. The van der Waals surface area contributed by atoms with Crippen LogP contribution in [-0.2, 0) is 28.5 Å². The number of ketones is 1. The topological polar surface area (TPSA) is 71.1 Å². The highest BCUT2D eigenvalue weighted by atomic mass is 16.8. The second-order valence-electron chi connectivity index (χ2n) is 4.13. The van der Waals surface area contributed by atoms with Crippen molar-refractivity contribution in [2.24, 2.45) is 5.41 Å². The molecule has 6 nitrogen and oxygen atoms in total. The molecule has 0 spiro atoms. The molecule has 0 atom stereocenters. The molecule has 1 heterocycles. The maximum Gasteiger partial charge on any atom is 0.374 e. The highest BCUT2D eigenvalue weighted by molar-refractivity contribution is 6.32. The Morgan fingerprint density at radius 2 is 1.94 bits per heavy atom. The molecule has 1 aliphatic heterocycles. The number of ether oxygens (including phenoxy) is 4. The van der Waals surface area contributed by atoms with Gasteiger partial charge in [0.05, 0.1) is 18.6 Å². The summed E-state index contributed by atoms with van der Waals surface area (Å²) >= 11 is 0. The van der Waals surface area contributed by atoms with Crippen molar-refractivity contribution in [3.05, 3.63) is 0 Å². The third-order valence-corrected chi connectivity index (χ3v) is 2.79. The van der Waals surface area contributed by atoms with Crippen LogP contribution < -0.4 is 0 Å². The first-order chi connectivity index (χ1) is 8.03. The Bertz CT molecular complexity index is 280. The van der Waals surface area contributed by atoms with Gasteiger partial charge in [0.15, 0.2) is 0 Å². The molecule has 1 saturated heterocycles. The number of methoxy groups -OCH3 is 1. The third kappa shape index (κ3) is 3.76. The van der Waals surface area contributed by atoms with E-state index < -0.39 is 23.6 Å². The number of esters is 1. The molecule has 0 aromatic heterocycles. The average molecular weight is 246 g/mol. The van der Waals surface area contributed by atoms with Crippen molar-refractivity contribution in [2.45, 2.75) is 26.7 Å². The van der Waals surface area contributed by atoms with E-state index in [-0.39, 0.29) is 6.61 Å². The van der Waals surface area contributed by atoms with Crippen molar-refractivity contribution in [3.8, 4) is 0 Å². The number of carbonyl (C=O) groups is 2. The number of carbonyl (C=O) groups excluding carboxylic acids is 2. The maximum absolute atomic E-state index is 11.1. The molecule has 0 radical (unpaired) electrons. The highest BCUT2D eigenvalue weighted by Gasteiger charge is 2.37. The Labute approximate surface area is 100 Å². The van der Waals surface area contributed by atoms with Gasteiger partial charge < -0.3 is 18.9 Å². The summed E-state index contributed by atoms with van der Waals surface area (Å²) in [5.74, 6) is -1.43. The number of rotatable bonds is 5. The SMILES string of the molecule is CCC1(COC(=O)C(C)=O)COC(OC)OC1. The van der Waals surface area contributed by atoms with Crippen LogP contribution in [0.25, 0.3) is 0 Å². The van der Waals surface area contributed by atoms with Crippen LogP contribution in [0.5, 0.6) is 0 Å². The fraction of sp³-hybridized carbons (Fsp3) is 0.818. The monoisotopic (exact) mass is 246 g/mol. The van der Waals surface area contributed by atoms with Crippen LogP contribution in [0, 0.1) is 5.41 Å². The van der Waals surface area contributed by atoms with Crippen LogP contribution in [0.4, 0.5) is 0 Å². The van der Waals surface area contributed by atoms with Crippen LogP contribution >= 0.6 is 0 Å². The normalized spacial score (nSPS) is 28.8. The molecule has 0 aliphatic carbocycles. The first-order valence-corrected chi connectivity index (χ1v) is 5.47. The number of hydrogen-bond donors (Lipinski definition) is 0. The van der Waals surface area contributed by atoms with Gasteiger partial charge in [0, 0.05) is 14.0 Å². The molecular formula is C11H18O6. The van der Waals surface area contributed by atoms with Crippen LogP contribution in [0.2, 0.25) is 0 Å². The van der Waals surface area contributed by atoms with Gasteiger partial charge in [-0.2, -0.15) is 0 Å². The molecule has 1 fully saturated rings. The van der Waals surface area contributed by atoms with Gasteiger partial charge in [-0.05, 0) is 6.42 Å². The van der Waals surface area contributed by atoms with E-state index in [9.17, 15) is 9.59 Å². The van der Waals surface area contributed by atoms with Gasteiger partial charge in [-0.25, -0.2) is 4.79 Å². The van der Waals surface area contributed by atoms with E-state index in [1.807, 2.05) is 6.92 Å². The largest absolute Gasteiger partial charge is 0.459 e. The predicted octanol–water partition coefficient (Wildman–Crippen LogP) is 0.492. The summed E-state index contributed by atoms with van der Waals surface area (Å²) in [6.45, 7) is 3.30. The van der Waals surface area contributed by atoms with Gasteiger partial charge in [-0.15, -0.1) is 0 Å². The Balaban J connectivity index is 2.48. The molecule has 98 valence electrons. The summed E-state index contributed by atoms with van der Waals surface area (Å²) in [5.41, 5.74) is -0.403. The quantitative estimate of drug-likeness (QED) is 0.519. The van der Waals surface area contributed by atoms with E-state index in [0.29, 0.717) is 19.6 Å². The molecule has 0 amide bonds. The Morgan fingerprint density at radius 3 is 2.35 bits per heavy atom. The Kier molecular flexibility index (Phi) is 5.04. The minimum absolute atomic E-state index is 0.109. The van der Waals surface area contributed by atoms with Crippen molar-refractivity contribution in [1.29, 1.82) is 0 Å². The average Bonchev–Trinajstić information content (AvgIpc) is 2.36. The second-order valence-corrected chi connectivity index (χ2v) is 4.13. The maximum atomic E-state index is 11.1. The molecule has 6 heteroatoms. The van der Waals surface area contributed by atoms with Crippen molar-refractivity contribution >= 4 is 11.8 Å². The van der Waals surface area contributed by atoms with Gasteiger partial charge in [0.25, 0.3) is 6.48 Å². The summed E-state index contributed by atoms with van der Waals surface area (Å²) in [5, 5.41) is 0. The molecular weight excluding hydrogens is 228 g/mol. The fourth-order valence-corrected chi connectivity index (χ4v) is 1.43. The van der Waals surface area contributed by atoms with E-state index in [2.05, 4.69) is 0 Å². The van der Waals surface area contributed by atoms with Gasteiger partial charge >= 0.3 is 5.97 Å². The fourth-order valence-electron chi connectivity index (χ4n) is 1.43. The van der Waals surface area contributed by atoms with Crippen molar-refractivity contribution in [2.75, 3.05) is 26.9 Å². The van der Waals surface area contributed by atoms with Crippen LogP contribution in [0.15, 0.2) is 0 Å². The third-order valence-electron chi connectivity index (χ3n) is 2.79. The first-order valence-electron chi connectivity index (χ1n) is 5.47. The molecule has 0 aromatic carbocycles. The van der Waals surface area contributed by atoms with Crippen LogP contribution in [0.1, 0.15) is 20.3 Å². The minimum Gasteiger partial charge on any atom is -0.459 e. The molecule has 0 N–H and O–H groups in total. The van der Waals surface area contributed by atoms with Gasteiger partial charge in [-0.1, -0.05) is 6.92 Å². The van der Waals surface area contributed by atoms with Gasteiger partial charge in [0.1, 0.15) is 6.61 Å². The van der Waals surface area contributed by atoms with Crippen LogP contribution in [0.3, 0.4) is 0 Å². The molecule has 0 unspecified atom stereocenters. The van der Waals surface area contributed by atoms with Crippen molar-refractivity contribution < 1.29 is 28.5 Å². The summed E-state index contributed by atoms with van der Waals surface area (Å²) in [6, 6.07) is 0. The lowest BCUT2D eigenvalue weighted by atomic mass is 9.87. The lowest BCUT2D eigenvalue weighted by Gasteiger charge is -2.37. The summed E-state index contributed by atoms with van der Waals surface area (Å²) < 4.78 is 20.4. The zero-order chi connectivity index (χ0) is 12.9. The second kappa shape index (κ2) is 6.09. The molecule has 0 bridgehead atoms. The Morgan fingerprint density at radius 1 is 1.35 bits per heavy atom. The Hall–Kier alpha value is -0.980. The van der Waals surface area contributed by atoms with E-state index in [0.717, 1.165) is 0 Å². The molecule has 1 aliphatic rings. The van der Waals surface area contributed by atoms with E-state index in [1.54, 1.807) is 0 Å². The predicted molar refractivity (Wildman–Crippen MR) is 57.1 cm³/mol. The molecule has 1 rings (SSSR count).